The van der Waals surface area contributed by atoms with Crippen LogP contribution in [0.1, 0.15) is 44.9 Å². The number of unbranched alkanes of at least 4 members (excludes halogenated alkanes) is 1. The van der Waals surface area contributed by atoms with Crippen molar-refractivity contribution in [3.63, 3.8) is 0 Å². The lowest BCUT2D eigenvalue weighted by atomic mass is 9.54. The van der Waals surface area contributed by atoms with Crippen LogP contribution in [-0.2, 0) is 10.1 Å². The summed E-state index contributed by atoms with van der Waals surface area (Å²) in [6.45, 7) is 0.891. The zero-order valence-corrected chi connectivity index (χ0v) is 12.2. The Hall–Kier alpha value is -0.130. The first-order chi connectivity index (χ1) is 9.01. The second kappa shape index (κ2) is 5.34. The first-order valence-electron chi connectivity index (χ1n) is 7.70. The predicted molar refractivity (Wildman–Crippen MR) is 74.5 cm³/mol. The molecule has 4 fully saturated rings. The standard InChI is InChI=1S/C14H25NO3S/c16-19(17,18)4-2-1-3-15-14-12-6-10-5-11(8-12)9-13(14)7-10/h10-15H,1-9H2,(H,16,17,18)/t10-,11?,12-,13?,14?/m0/s1. The van der Waals surface area contributed by atoms with Gasteiger partial charge >= 0.3 is 0 Å². The van der Waals surface area contributed by atoms with E-state index in [0.29, 0.717) is 12.5 Å². The van der Waals surface area contributed by atoms with Crippen LogP contribution in [0.5, 0.6) is 0 Å². The maximum Gasteiger partial charge on any atom is 0.264 e. The maximum absolute atomic E-state index is 10.6. The summed E-state index contributed by atoms with van der Waals surface area (Å²) in [6.07, 6.45) is 8.52. The van der Waals surface area contributed by atoms with Gasteiger partial charge in [0.1, 0.15) is 0 Å². The minimum absolute atomic E-state index is 0.101. The summed E-state index contributed by atoms with van der Waals surface area (Å²) in [5.74, 6) is 3.65. The fraction of sp³-hybridized carbons (Fsp3) is 1.00. The molecule has 4 bridgehead atoms. The van der Waals surface area contributed by atoms with Crippen molar-refractivity contribution < 1.29 is 13.0 Å². The third-order valence-electron chi connectivity index (χ3n) is 5.44. The monoisotopic (exact) mass is 287 g/mol. The van der Waals surface area contributed by atoms with E-state index in [0.717, 1.165) is 36.6 Å². The Morgan fingerprint density at radius 3 is 2.05 bits per heavy atom. The second-order valence-corrected chi connectivity index (χ2v) is 8.48. The summed E-state index contributed by atoms with van der Waals surface area (Å²) in [6, 6.07) is 0.679. The Labute approximate surface area is 116 Å². The number of hydrogen-bond acceptors (Lipinski definition) is 3. The molecule has 0 aromatic carbocycles. The van der Waals surface area contributed by atoms with Crippen molar-refractivity contribution in [3.8, 4) is 0 Å². The van der Waals surface area contributed by atoms with Gasteiger partial charge in [-0.15, -0.1) is 0 Å². The van der Waals surface area contributed by atoms with E-state index in [1.165, 1.54) is 32.1 Å². The van der Waals surface area contributed by atoms with Gasteiger partial charge < -0.3 is 5.32 Å². The molecule has 0 aromatic rings. The molecule has 4 saturated carbocycles. The van der Waals surface area contributed by atoms with Crippen LogP contribution in [0.15, 0.2) is 0 Å². The first kappa shape index (κ1) is 13.8. The van der Waals surface area contributed by atoms with Crippen LogP contribution in [0, 0.1) is 23.7 Å². The normalized spacial score (nSPS) is 40.8. The van der Waals surface area contributed by atoms with Gasteiger partial charge in [0.2, 0.25) is 0 Å². The zero-order valence-electron chi connectivity index (χ0n) is 11.4. The molecule has 0 heterocycles. The average molecular weight is 287 g/mol. The highest BCUT2D eigenvalue weighted by atomic mass is 32.2. The van der Waals surface area contributed by atoms with Gasteiger partial charge in [0, 0.05) is 6.04 Å². The molecule has 0 amide bonds. The molecule has 110 valence electrons. The highest BCUT2D eigenvalue weighted by molar-refractivity contribution is 7.85. The van der Waals surface area contributed by atoms with E-state index in [1.54, 1.807) is 0 Å². The summed E-state index contributed by atoms with van der Waals surface area (Å²) < 4.78 is 29.9. The molecule has 4 aliphatic rings. The minimum Gasteiger partial charge on any atom is -0.313 e. The van der Waals surface area contributed by atoms with Crippen LogP contribution in [0.3, 0.4) is 0 Å². The predicted octanol–water partition coefficient (Wildman–Crippen LogP) is 2.07. The van der Waals surface area contributed by atoms with Gasteiger partial charge in [-0.3, -0.25) is 4.55 Å². The molecular formula is C14H25NO3S. The Morgan fingerprint density at radius 2 is 1.53 bits per heavy atom. The SMILES string of the molecule is O=S(=O)(O)CCCCNC1C2CC3C[C@H](C2)C[C@H]1C3. The second-order valence-electron chi connectivity index (χ2n) is 6.90. The van der Waals surface area contributed by atoms with Crippen LogP contribution in [-0.4, -0.2) is 31.3 Å². The van der Waals surface area contributed by atoms with E-state index in [2.05, 4.69) is 5.32 Å². The molecule has 4 nitrogen and oxygen atoms in total. The van der Waals surface area contributed by atoms with Crippen LogP contribution in [0.4, 0.5) is 0 Å². The maximum atomic E-state index is 10.6. The third-order valence-corrected chi connectivity index (χ3v) is 6.24. The van der Waals surface area contributed by atoms with E-state index in [4.69, 9.17) is 4.55 Å². The van der Waals surface area contributed by atoms with Gasteiger partial charge in [-0.2, -0.15) is 8.42 Å². The summed E-state index contributed by atoms with van der Waals surface area (Å²) in [5.41, 5.74) is 0. The van der Waals surface area contributed by atoms with Gasteiger partial charge in [-0.05, 0) is 75.2 Å². The van der Waals surface area contributed by atoms with Crippen LogP contribution in [0.2, 0.25) is 0 Å². The summed E-state index contributed by atoms with van der Waals surface area (Å²) in [5, 5.41) is 3.67. The van der Waals surface area contributed by atoms with E-state index in [-0.39, 0.29) is 5.75 Å². The summed E-state index contributed by atoms with van der Waals surface area (Å²) in [4.78, 5) is 0. The molecule has 0 saturated heterocycles. The fourth-order valence-electron chi connectivity index (χ4n) is 4.94. The van der Waals surface area contributed by atoms with E-state index < -0.39 is 10.1 Å². The molecule has 0 unspecified atom stereocenters. The molecule has 0 aliphatic heterocycles. The van der Waals surface area contributed by atoms with Crippen molar-refractivity contribution in [2.24, 2.45) is 23.7 Å². The molecule has 19 heavy (non-hydrogen) atoms. The summed E-state index contributed by atoms with van der Waals surface area (Å²) in [7, 11) is -3.77. The van der Waals surface area contributed by atoms with Crippen molar-refractivity contribution >= 4 is 10.1 Å². The number of nitrogens with one attached hydrogen (secondary N) is 1. The Bertz CT molecular complexity index is 392. The van der Waals surface area contributed by atoms with Crippen molar-refractivity contribution in [2.75, 3.05) is 12.3 Å². The van der Waals surface area contributed by atoms with Crippen molar-refractivity contribution in [3.05, 3.63) is 0 Å². The van der Waals surface area contributed by atoms with Crippen molar-refractivity contribution in [1.29, 1.82) is 0 Å². The smallest absolute Gasteiger partial charge is 0.264 e. The highest BCUT2D eigenvalue weighted by Gasteiger charge is 2.47. The van der Waals surface area contributed by atoms with E-state index in [1.807, 2.05) is 0 Å². The first-order valence-corrected chi connectivity index (χ1v) is 9.31. The molecule has 0 radical (unpaired) electrons. The molecule has 4 aliphatic carbocycles. The quantitative estimate of drug-likeness (QED) is 0.580. The molecule has 0 aromatic heterocycles. The molecular weight excluding hydrogens is 262 g/mol. The Morgan fingerprint density at radius 1 is 0.947 bits per heavy atom. The van der Waals surface area contributed by atoms with Gasteiger partial charge in [-0.25, -0.2) is 0 Å². The van der Waals surface area contributed by atoms with E-state index >= 15 is 0 Å². The molecule has 4 rings (SSSR count). The number of rotatable bonds is 6. The van der Waals surface area contributed by atoms with Gasteiger partial charge in [0.05, 0.1) is 5.75 Å². The lowest BCUT2D eigenvalue weighted by Gasteiger charge is -2.54. The molecule has 0 atom stereocenters. The van der Waals surface area contributed by atoms with Gasteiger partial charge in [-0.1, -0.05) is 0 Å². The lowest BCUT2D eigenvalue weighted by Crippen LogP contribution is -2.54. The summed E-state index contributed by atoms with van der Waals surface area (Å²) >= 11 is 0. The third kappa shape index (κ3) is 3.31. The van der Waals surface area contributed by atoms with Crippen LogP contribution in [0.25, 0.3) is 0 Å². The van der Waals surface area contributed by atoms with Crippen LogP contribution >= 0.6 is 0 Å². The van der Waals surface area contributed by atoms with Gasteiger partial charge in [0.15, 0.2) is 0 Å². The average Bonchev–Trinajstić information content (AvgIpc) is 2.29. The minimum atomic E-state index is -3.77. The fourth-order valence-corrected chi connectivity index (χ4v) is 5.51. The number of hydrogen-bond donors (Lipinski definition) is 2. The largest absolute Gasteiger partial charge is 0.313 e. The lowest BCUT2D eigenvalue weighted by molar-refractivity contribution is -0.0135. The van der Waals surface area contributed by atoms with Crippen molar-refractivity contribution in [2.45, 2.75) is 51.0 Å². The van der Waals surface area contributed by atoms with Crippen molar-refractivity contribution in [1.82, 2.24) is 5.32 Å². The molecule has 0 spiro atoms. The Kier molecular flexibility index (Phi) is 3.89. The van der Waals surface area contributed by atoms with Gasteiger partial charge in [0.25, 0.3) is 10.1 Å². The highest BCUT2D eigenvalue weighted by Crippen LogP contribution is 2.53. The zero-order chi connectivity index (χ0) is 13.5. The van der Waals surface area contributed by atoms with E-state index in [9.17, 15) is 8.42 Å². The van der Waals surface area contributed by atoms with Crippen LogP contribution < -0.4 is 5.32 Å². The molecule has 2 N–H and O–H groups in total. The molecule has 5 heteroatoms. The Balaban J connectivity index is 1.41. The topological polar surface area (TPSA) is 66.4 Å².